The first kappa shape index (κ1) is 24.9. The number of benzene rings is 1. The first-order valence-corrected chi connectivity index (χ1v) is 9.38. The summed E-state index contributed by atoms with van der Waals surface area (Å²) in [6.45, 7) is 7.12. The van der Waals surface area contributed by atoms with E-state index < -0.39 is 5.41 Å². The molecule has 1 amide bonds. The lowest BCUT2D eigenvalue weighted by Crippen LogP contribution is -2.45. The highest BCUT2D eigenvalue weighted by Crippen LogP contribution is 2.28. The van der Waals surface area contributed by atoms with Crippen LogP contribution in [0.25, 0.3) is 11.3 Å². The van der Waals surface area contributed by atoms with Gasteiger partial charge in [0.2, 0.25) is 5.91 Å². The van der Waals surface area contributed by atoms with Gasteiger partial charge in [-0.15, -0.1) is 36.2 Å². The van der Waals surface area contributed by atoms with Crippen molar-refractivity contribution in [1.82, 2.24) is 10.3 Å². The summed E-state index contributed by atoms with van der Waals surface area (Å²) in [6, 6.07) is 10.2. The van der Waals surface area contributed by atoms with E-state index in [9.17, 15) is 4.79 Å². The Balaban J connectivity index is 0.00000312. The van der Waals surface area contributed by atoms with Gasteiger partial charge in [0.15, 0.2) is 0 Å². The number of nitrogens with zero attached hydrogens (tertiary/aromatic N) is 1. The summed E-state index contributed by atoms with van der Waals surface area (Å²) in [4.78, 5) is 18.4. The van der Waals surface area contributed by atoms with Crippen molar-refractivity contribution in [3.05, 3.63) is 40.2 Å². The molecule has 146 valence electrons. The second-order valence-electron chi connectivity index (χ2n) is 6.08. The highest BCUT2D eigenvalue weighted by molar-refractivity contribution is 7.12. The Labute approximate surface area is 172 Å². The number of nitrogens with one attached hydrogen (secondary N) is 1. The van der Waals surface area contributed by atoms with Crippen molar-refractivity contribution in [2.75, 3.05) is 13.1 Å². The SMILES string of the molecule is CCC(CC)(CN)C(=O)NCCc1nc(-c2ccccc2)c(C)s1.Cl.Cl. The Hall–Kier alpha value is -1.14. The number of aryl methyl sites for hydroxylation is 1. The van der Waals surface area contributed by atoms with Crippen LogP contribution in [-0.2, 0) is 11.2 Å². The lowest BCUT2D eigenvalue weighted by Gasteiger charge is -2.28. The monoisotopic (exact) mass is 417 g/mol. The van der Waals surface area contributed by atoms with E-state index >= 15 is 0 Å². The number of hydrogen-bond acceptors (Lipinski definition) is 4. The minimum atomic E-state index is -0.437. The molecule has 26 heavy (non-hydrogen) atoms. The Morgan fingerprint density at radius 1 is 1.19 bits per heavy atom. The van der Waals surface area contributed by atoms with E-state index in [0.717, 1.165) is 35.5 Å². The minimum Gasteiger partial charge on any atom is -0.355 e. The van der Waals surface area contributed by atoms with E-state index in [1.165, 1.54) is 4.88 Å². The smallest absolute Gasteiger partial charge is 0.227 e. The molecule has 0 atom stereocenters. The van der Waals surface area contributed by atoms with Crippen LogP contribution in [0, 0.1) is 12.3 Å². The van der Waals surface area contributed by atoms with E-state index in [0.29, 0.717) is 13.1 Å². The van der Waals surface area contributed by atoms with Crippen molar-refractivity contribution in [2.24, 2.45) is 11.1 Å². The van der Waals surface area contributed by atoms with Gasteiger partial charge in [0, 0.05) is 30.0 Å². The third-order valence-corrected chi connectivity index (χ3v) is 5.77. The van der Waals surface area contributed by atoms with Crippen molar-refractivity contribution < 1.29 is 4.79 Å². The normalized spacial score (nSPS) is 10.6. The lowest BCUT2D eigenvalue weighted by atomic mass is 9.81. The van der Waals surface area contributed by atoms with Crippen LogP contribution in [0.3, 0.4) is 0 Å². The fourth-order valence-electron chi connectivity index (χ4n) is 2.85. The zero-order chi connectivity index (χ0) is 17.6. The second kappa shape index (κ2) is 11.5. The predicted octanol–water partition coefficient (Wildman–Crippen LogP) is 4.39. The highest BCUT2D eigenvalue weighted by atomic mass is 35.5. The number of aromatic nitrogens is 1. The lowest BCUT2D eigenvalue weighted by molar-refractivity contribution is -0.131. The molecule has 0 aliphatic heterocycles. The zero-order valence-corrected chi connectivity index (χ0v) is 18.0. The van der Waals surface area contributed by atoms with Gasteiger partial charge in [-0.3, -0.25) is 4.79 Å². The maximum atomic E-state index is 12.4. The van der Waals surface area contributed by atoms with Crippen LogP contribution in [0.4, 0.5) is 0 Å². The van der Waals surface area contributed by atoms with E-state index in [1.807, 2.05) is 32.0 Å². The molecule has 0 spiro atoms. The molecule has 0 radical (unpaired) electrons. The van der Waals surface area contributed by atoms with Crippen LogP contribution >= 0.6 is 36.2 Å². The molecule has 7 heteroatoms. The average Bonchev–Trinajstić information content (AvgIpc) is 2.98. The molecule has 0 saturated heterocycles. The Morgan fingerprint density at radius 3 is 2.35 bits per heavy atom. The largest absolute Gasteiger partial charge is 0.355 e. The molecule has 0 unspecified atom stereocenters. The van der Waals surface area contributed by atoms with Gasteiger partial charge in [0.05, 0.1) is 16.1 Å². The second-order valence-corrected chi connectivity index (χ2v) is 7.36. The maximum absolute atomic E-state index is 12.4. The quantitative estimate of drug-likeness (QED) is 0.668. The van der Waals surface area contributed by atoms with Crippen LogP contribution in [0.15, 0.2) is 30.3 Å². The standard InChI is InChI=1S/C19H27N3OS.2ClH/c1-4-19(5-2,13-20)18(23)21-12-11-16-22-17(14(3)24-16)15-9-7-6-8-10-15;;/h6-10H,4-5,11-13,20H2,1-3H3,(H,21,23);2*1H. The van der Waals surface area contributed by atoms with Gasteiger partial charge >= 0.3 is 0 Å². The van der Waals surface area contributed by atoms with Crippen molar-refractivity contribution in [1.29, 1.82) is 0 Å². The van der Waals surface area contributed by atoms with Crippen LogP contribution in [0.5, 0.6) is 0 Å². The third kappa shape index (κ3) is 5.68. The summed E-state index contributed by atoms with van der Waals surface area (Å²) in [5.41, 5.74) is 7.57. The zero-order valence-electron chi connectivity index (χ0n) is 15.6. The first-order valence-electron chi connectivity index (χ1n) is 8.56. The number of thiazole rings is 1. The Kier molecular flexibility index (Phi) is 11.0. The van der Waals surface area contributed by atoms with Gasteiger partial charge in [0.25, 0.3) is 0 Å². The molecule has 0 bridgehead atoms. The molecule has 4 nitrogen and oxygen atoms in total. The maximum Gasteiger partial charge on any atom is 0.227 e. The summed E-state index contributed by atoms with van der Waals surface area (Å²) in [7, 11) is 0. The summed E-state index contributed by atoms with van der Waals surface area (Å²) >= 11 is 1.70. The van der Waals surface area contributed by atoms with Crippen LogP contribution < -0.4 is 11.1 Å². The number of rotatable bonds is 8. The van der Waals surface area contributed by atoms with Crippen molar-refractivity contribution >= 4 is 42.1 Å². The number of nitrogens with two attached hydrogens (primary N) is 1. The third-order valence-electron chi connectivity index (χ3n) is 4.74. The Bertz CT molecular complexity index is 664. The molecular formula is C19H29Cl2N3OS. The van der Waals surface area contributed by atoms with Gasteiger partial charge in [-0.25, -0.2) is 4.98 Å². The molecule has 1 heterocycles. The van der Waals surface area contributed by atoms with E-state index in [4.69, 9.17) is 10.7 Å². The summed E-state index contributed by atoms with van der Waals surface area (Å²) in [6.07, 6.45) is 2.28. The molecule has 0 aliphatic carbocycles. The molecule has 2 aromatic rings. The van der Waals surface area contributed by atoms with Crippen molar-refractivity contribution in [3.63, 3.8) is 0 Å². The Morgan fingerprint density at radius 2 is 1.81 bits per heavy atom. The van der Waals surface area contributed by atoms with Crippen LogP contribution in [-0.4, -0.2) is 24.0 Å². The highest BCUT2D eigenvalue weighted by Gasteiger charge is 2.32. The van der Waals surface area contributed by atoms with E-state index in [2.05, 4.69) is 24.4 Å². The number of hydrogen-bond donors (Lipinski definition) is 2. The molecule has 0 saturated carbocycles. The van der Waals surface area contributed by atoms with Gasteiger partial charge in [0.1, 0.15) is 0 Å². The summed E-state index contributed by atoms with van der Waals surface area (Å²) in [5.74, 6) is 0.0616. The fourth-order valence-corrected chi connectivity index (χ4v) is 3.80. The molecule has 1 aromatic carbocycles. The minimum absolute atomic E-state index is 0. The summed E-state index contributed by atoms with van der Waals surface area (Å²) < 4.78 is 0. The number of amides is 1. The number of halogens is 2. The van der Waals surface area contributed by atoms with Gasteiger partial charge in [-0.05, 0) is 19.8 Å². The van der Waals surface area contributed by atoms with Crippen molar-refractivity contribution in [2.45, 2.75) is 40.0 Å². The molecular weight excluding hydrogens is 389 g/mol. The average molecular weight is 418 g/mol. The van der Waals surface area contributed by atoms with Crippen LogP contribution in [0.2, 0.25) is 0 Å². The predicted molar refractivity (Wildman–Crippen MR) is 116 cm³/mol. The van der Waals surface area contributed by atoms with Crippen molar-refractivity contribution in [3.8, 4) is 11.3 Å². The summed E-state index contributed by atoms with van der Waals surface area (Å²) in [5, 5.41) is 4.09. The number of carbonyl (C=O) groups excluding carboxylic acids is 1. The fraction of sp³-hybridized carbons (Fsp3) is 0.474. The molecule has 3 N–H and O–H groups in total. The molecule has 2 rings (SSSR count). The first-order chi connectivity index (χ1) is 11.6. The van der Waals surface area contributed by atoms with Crippen LogP contribution in [0.1, 0.15) is 36.6 Å². The van der Waals surface area contributed by atoms with E-state index in [1.54, 1.807) is 11.3 Å². The van der Waals surface area contributed by atoms with Gasteiger partial charge in [-0.1, -0.05) is 44.2 Å². The van der Waals surface area contributed by atoms with E-state index in [-0.39, 0.29) is 30.7 Å². The molecule has 0 aliphatic rings. The topological polar surface area (TPSA) is 68.0 Å². The van der Waals surface area contributed by atoms with Gasteiger partial charge in [-0.2, -0.15) is 0 Å². The number of carbonyl (C=O) groups is 1. The van der Waals surface area contributed by atoms with Gasteiger partial charge < -0.3 is 11.1 Å². The molecule has 0 fully saturated rings. The molecule has 1 aromatic heterocycles.